The molecule has 0 saturated carbocycles. The number of hydrogen-bond acceptors (Lipinski definition) is 7. The number of carbonyl (C=O) groups excluding carboxylic acids is 2. The minimum absolute atomic E-state index is 0.0248. The van der Waals surface area contributed by atoms with Crippen LogP contribution in [0, 0.1) is 0 Å². The molecule has 2 aromatic carbocycles. The summed E-state index contributed by atoms with van der Waals surface area (Å²) in [6.45, 7) is 4.06. The number of aromatic carboxylic acids is 1. The van der Waals surface area contributed by atoms with E-state index in [9.17, 15) is 19.5 Å². The van der Waals surface area contributed by atoms with Gasteiger partial charge in [-0.3, -0.25) is 9.59 Å². The second kappa shape index (κ2) is 10.3. The van der Waals surface area contributed by atoms with Crippen LogP contribution < -0.4 is 19.9 Å². The number of ether oxygens (including phenoxy) is 1. The lowest BCUT2D eigenvalue weighted by Crippen LogP contribution is -2.47. The number of anilines is 3. The molecule has 35 heavy (non-hydrogen) atoms. The van der Waals surface area contributed by atoms with Crippen LogP contribution in [-0.2, 0) is 0 Å². The zero-order chi connectivity index (χ0) is 24.9. The minimum atomic E-state index is -1.12. The van der Waals surface area contributed by atoms with Crippen LogP contribution in [0.25, 0.3) is 0 Å². The highest BCUT2D eigenvalue weighted by molar-refractivity contribution is 6.05. The summed E-state index contributed by atoms with van der Waals surface area (Å²) < 4.78 is 5.10. The number of hydrogen-bond donors (Lipinski definition) is 2. The summed E-state index contributed by atoms with van der Waals surface area (Å²) in [4.78, 5) is 44.5. The maximum Gasteiger partial charge on any atom is 0.339 e. The van der Waals surface area contributed by atoms with E-state index in [4.69, 9.17) is 4.74 Å². The molecule has 1 saturated heterocycles. The van der Waals surface area contributed by atoms with E-state index in [1.807, 2.05) is 29.2 Å². The molecule has 1 aliphatic rings. The number of ketones is 1. The predicted molar refractivity (Wildman–Crippen MR) is 133 cm³/mol. The molecule has 1 fully saturated rings. The predicted octanol–water partition coefficient (Wildman–Crippen LogP) is 3.57. The number of nitrogens with zero attached hydrogens (tertiary/aromatic N) is 3. The molecular formula is C26H26N4O5. The average molecular weight is 475 g/mol. The number of rotatable bonds is 7. The Morgan fingerprint density at radius 1 is 0.914 bits per heavy atom. The van der Waals surface area contributed by atoms with Gasteiger partial charge in [-0.1, -0.05) is 0 Å². The van der Waals surface area contributed by atoms with Gasteiger partial charge in [-0.15, -0.1) is 0 Å². The third-order valence-electron chi connectivity index (χ3n) is 5.93. The standard InChI is InChI=1S/C26H26N4O5/c1-17(31)18-3-7-21(8-4-18)29-11-13-30(14-12-29)24-23(26(33)34)15-20(16-27-24)28-25(32)19-5-9-22(35-2)10-6-19/h3-10,15-16H,11-14H2,1-2H3,(H,28,32)(H,33,34). The van der Waals surface area contributed by atoms with Crippen molar-refractivity contribution in [2.75, 3.05) is 48.4 Å². The Labute approximate surface area is 203 Å². The van der Waals surface area contributed by atoms with Crippen molar-refractivity contribution in [3.63, 3.8) is 0 Å². The fourth-order valence-corrected chi connectivity index (χ4v) is 3.96. The Kier molecular flexibility index (Phi) is 6.96. The number of Topliss-reactive ketones (excluding diaryl/α,β-unsaturated/α-hetero) is 1. The highest BCUT2D eigenvalue weighted by Crippen LogP contribution is 2.25. The van der Waals surface area contributed by atoms with Gasteiger partial charge in [-0.05, 0) is 61.5 Å². The molecule has 0 unspecified atom stereocenters. The Bertz CT molecular complexity index is 1230. The van der Waals surface area contributed by atoms with Gasteiger partial charge >= 0.3 is 5.97 Å². The molecule has 4 rings (SSSR count). The lowest BCUT2D eigenvalue weighted by molar-refractivity contribution is 0.0696. The Hall–Kier alpha value is -4.40. The van der Waals surface area contributed by atoms with Gasteiger partial charge in [-0.25, -0.2) is 9.78 Å². The van der Waals surface area contributed by atoms with Crippen molar-refractivity contribution in [3.8, 4) is 5.75 Å². The minimum Gasteiger partial charge on any atom is -0.497 e. The van der Waals surface area contributed by atoms with E-state index in [1.165, 1.54) is 19.2 Å². The summed E-state index contributed by atoms with van der Waals surface area (Å²) in [6, 6.07) is 15.5. The lowest BCUT2D eigenvalue weighted by atomic mass is 10.1. The fourth-order valence-electron chi connectivity index (χ4n) is 3.96. The summed E-state index contributed by atoms with van der Waals surface area (Å²) in [5, 5.41) is 12.5. The van der Waals surface area contributed by atoms with Gasteiger partial charge in [0.2, 0.25) is 0 Å². The van der Waals surface area contributed by atoms with Crippen LogP contribution >= 0.6 is 0 Å². The van der Waals surface area contributed by atoms with E-state index < -0.39 is 5.97 Å². The number of piperazine rings is 1. The normalized spacial score (nSPS) is 13.3. The highest BCUT2D eigenvalue weighted by atomic mass is 16.5. The van der Waals surface area contributed by atoms with Crippen molar-refractivity contribution in [1.29, 1.82) is 0 Å². The van der Waals surface area contributed by atoms with E-state index in [0.29, 0.717) is 54.6 Å². The van der Waals surface area contributed by atoms with Crippen LogP contribution in [0.15, 0.2) is 60.8 Å². The number of amides is 1. The van der Waals surface area contributed by atoms with Gasteiger partial charge in [-0.2, -0.15) is 0 Å². The first-order valence-corrected chi connectivity index (χ1v) is 11.2. The second-order valence-corrected chi connectivity index (χ2v) is 8.16. The third-order valence-corrected chi connectivity index (χ3v) is 5.93. The van der Waals surface area contributed by atoms with Crippen LogP contribution in [0.1, 0.15) is 38.0 Å². The van der Waals surface area contributed by atoms with Crippen LogP contribution in [0.4, 0.5) is 17.2 Å². The van der Waals surface area contributed by atoms with E-state index in [-0.39, 0.29) is 17.3 Å². The largest absolute Gasteiger partial charge is 0.497 e. The van der Waals surface area contributed by atoms with Gasteiger partial charge in [0, 0.05) is 43.0 Å². The molecular weight excluding hydrogens is 448 g/mol. The van der Waals surface area contributed by atoms with Crippen LogP contribution in [0.2, 0.25) is 0 Å². The summed E-state index contributed by atoms with van der Waals surface area (Å²) in [5.41, 5.74) is 2.42. The summed E-state index contributed by atoms with van der Waals surface area (Å²) >= 11 is 0. The molecule has 0 aliphatic carbocycles. The van der Waals surface area contributed by atoms with Gasteiger partial charge in [0.1, 0.15) is 17.1 Å². The Balaban J connectivity index is 1.45. The van der Waals surface area contributed by atoms with Crippen LogP contribution in [0.3, 0.4) is 0 Å². The molecule has 1 aliphatic heterocycles. The SMILES string of the molecule is COc1ccc(C(=O)Nc2cnc(N3CCN(c4ccc(C(C)=O)cc4)CC3)c(C(=O)O)c2)cc1. The zero-order valence-electron chi connectivity index (χ0n) is 19.5. The van der Waals surface area contributed by atoms with E-state index in [0.717, 1.165) is 5.69 Å². The molecule has 9 heteroatoms. The van der Waals surface area contributed by atoms with Crippen molar-refractivity contribution in [3.05, 3.63) is 77.5 Å². The molecule has 2 N–H and O–H groups in total. The number of carboxylic acids is 1. The first-order chi connectivity index (χ1) is 16.9. The molecule has 0 spiro atoms. The van der Waals surface area contributed by atoms with Crippen LogP contribution in [0.5, 0.6) is 5.75 Å². The average Bonchev–Trinajstić information content (AvgIpc) is 2.89. The molecule has 180 valence electrons. The molecule has 0 radical (unpaired) electrons. The number of methoxy groups -OCH3 is 1. The van der Waals surface area contributed by atoms with Crippen molar-refractivity contribution in [2.24, 2.45) is 0 Å². The third kappa shape index (κ3) is 5.40. The number of nitrogens with one attached hydrogen (secondary N) is 1. The number of aromatic nitrogens is 1. The molecule has 1 amide bonds. The number of carbonyl (C=O) groups is 3. The Morgan fingerprint density at radius 3 is 2.09 bits per heavy atom. The maximum atomic E-state index is 12.5. The molecule has 2 heterocycles. The summed E-state index contributed by atoms with van der Waals surface area (Å²) in [7, 11) is 1.54. The monoisotopic (exact) mass is 474 g/mol. The van der Waals surface area contributed by atoms with Crippen molar-refractivity contribution in [2.45, 2.75) is 6.92 Å². The van der Waals surface area contributed by atoms with Crippen molar-refractivity contribution in [1.82, 2.24) is 4.98 Å². The summed E-state index contributed by atoms with van der Waals surface area (Å²) in [6.07, 6.45) is 1.47. The molecule has 1 aromatic heterocycles. The van der Waals surface area contributed by atoms with Gasteiger partial charge < -0.3 is 25.0 Å². The van der Waals surface area contributed by atoms with Gasteiger partial charge in [0.05, 0.1) is 19.0 Å². The fraction of sp³-hybridized carbons (Fsp3) is 0.231. The van der Waals surface area contributed by atoms with Gasteiger partial charge in [0.25, 0.3) is 5.91 Å². The van der Waals surface area contributed by atoms with Crippen LogP contribution in [-0.4, -0.2) is 61.0 Å². The first-order valence-electron chi connectivity index (χ1n) is 11.2. The number of carboxylic acid groups (broad SMARTS) is 1. The lowest BCUT2D eigenvalue weighted by Gasteiger charge is -2.37. The zero-order valence-corrected chi connectivity index (χ0v) is 19.5. The molecule has 9 nitrogen and oxygen atoms in total. The maximum absolute atomic E-state index is 12.5. The number of benzene rings is 2. The van der Waals surface area contributed by atoms with E-state index in [2.05, 4.69) is 15.2 Å². The second-order valence-electron chi connectivity index (χ2n) is 8.16. The Morgan fingerprint density at radius 2 is 1.51 bits per heavy atom. The first kappa shape index (κ1) is 23.7. The number of pyridine rings is 1. The molecule has 3 aromatic rings. The quantitative estimate of drug-likeness (QED) is 0.500. The van der Waals surface area contributed by atoms with Gasteiger partial charge in [0.15, 0.2) is 5.78 Å². The molecule has 0 bridgehead atoms. The smallest absolute Gasteiger partial charge is 0.339 e. The van der Waals surface area contributed by atoms with E-state index in [1.54, 1.807) is 31.4 Å². The van der Waals surface area contributed by atoms with Crippen molar-refractivity contribution < 1.29 is 24.2 Å². The van der Waals surface area contributed by atoms with E-state index >= 15 is 0 Å². The summed E-state index contributed by atoms with van der Waals surface area (Å²) in [5.74, 6) is -0.462. The highest BCUT2D eigenvalue weighted by Gasteiger charge is 2.24. The topological polar surface area (TPSA) is 112 Å². The van der Waals surface area contributed by atoms with Crippen molar-refractivity contribution >= 4 is 34.9 Å². The molecule has 0 atom stereocenters.